The summed E-state index contributed by atoms with van der Waals surface area (Å²) in [7, 11) is 0. The van der Waals surface area contributed by atoms with Crippen LogP contribution < -0.4 is 0 Å². The highest BCUT2D eigenvalue weighted by atomic mass is 14.2. The molecule has 0 fully saturated rings. The van der Waals surface area contributed by atoms with Gasteiger partial charge in [-0.3, -0.25) is 0 Å². The lowest BCUT2D eigenvalue weighted by atomic mass is 9.86. The van der Waals surface area contributed by atoms with Crippen LogP contribution in [0.1, 0.15) is 48.0 Å². The zero-order chi connectivity index (χ0) is 9.02. The van der Waals surface area contributed by atoms with Gasteiger partial charge in [-0.1, -0.05) is 38.3 Å². The van der Waals surface area contributed by atoms with E-state index in [0.717, 1.165) is 11.8 Å². The van der Waals surface area contributed by atoms with Crippen LogP contribution in [0.3, 0.4) is 0 Å². The third kappa shape index (κ3) is 3.09. The Morgan fingerprint density at radius 1 is 1.09 bits per heavy atom. The van der Waals surface area contributed by atoms with Gasteiger partial charge in [-0.25, -0.2) is 0 Å². The van der Waals surface area contributed by atoms with E-state index in [1.54, 1.807) is 5.57 Å². The maximum absolute atomic E-state index is 2.33. The van der Waals surface area contributed by atoms with Gasteiger partial charge in [-0.15, -0.1) is 0 Å². The first-order chi connectivity index (χ1) is 5.00. The predicted molar refractivity (Wildman–Crippen MR) is 52.7 cm³/mol. The molecule has 0 heterocycles. The Labute approximate surface area is 71.7 Å². The molecule has 0 heteroatoms. The second-order valence-corrected chi connectivity index (χ2v) is 3.86. The number of hydrogen-bond acceptors (Lipinski definition) is 0. The second kappa shape index (κ2) is 4.58. The van der Waals surface area contributed by atoms with E-state index in [-0.39, 0.29) is 0 Å². The van der Waals surface area contributed by atoms with E-state index < -0.39 is 0 Å². The standard InChI is InChI=1S/C11H22/c1-7-9(4)11(6)10(5)8(2)3/h9,11H,7H2,1-6H3. The van der Waals surface area contributed by atoms with Gasteiger partial charge < -0.3 is 0 Å². The number of allylic oxidation sites excluding steroid dienone is 2. The van der Waals surface area contributed by atoms with Crippen molar-refractivity contribution in [2.24, 2.45) is 11.8 Å². The van der Waals surface area contributed by atoms with Crippen LogP contribution in [-0.4, -0.2) is 0 Å². The highest BCUT2D eigenvalue weighted by molar-refractivity contribution is 5.10. The highest BCUT2D eigenvalue weighted by Gasteiger charge is 2.11. The van der Waals surface area contributed by atoms with Gasteiger partial charge in [0.2, 0.25) is 0 Å². The van der Waals surface area contributed by atoms with Crippen molar-refractivity contribution in [3.63, 3.8) is 0 Å². The zero-order valence-electron chi connectivity index (χ0n) is 8.86. The minimum atomic E-state index is 0.755. The molecule has 0 aromatic carbocycles. The summed E-state index contributed by atoms with van der Waals surface area (Å²) < 4.78 is 0. The Morgan fingerprint density at radius 3 is 1.82 bits per heavy atom. The third-order valence-electron chi connectivity index (χ3n) is 2.97. The van der Waals surface area contributed by atoms with Crippen LogP contribution in [0.15, 0.2) is 11.1 Å². The lowest BCUT2D eigenvalue weighted by molar-refractivity contribution is 0.425. The smallest absolute Gasteiger partial charge is 0.0206 e. The molecule has 0 aliphatic heterocycles. The Bertz CT molecular complexity index is 138. The molecule has 0 aliphatic carbocycles. The van der Waals surface area contributed by atoms with E-state index in [0.29, 0.717) is 0 Å². The van der Waals surface area contributed by atoms with E-state index in [1.165, 1.54) is 12.0 Å². The van der Waals surface area contributed by atoms with Crippen molar-refractivity contribution in [1.29, 1.82) is 0 Å². The normalized spacial score (nSPS) is 15.8. The summed E-state index contributed by atoms with van der Waals surface area (Å²) in [6.07, 6.45) is 1.28. The molecule has 2 unspecified atom stereocenters. The van der Waals surface area contributed by atoms with Gasteiger partial charge in [0.25, 0.3) is 0 Å². The van der Waals surface area contributed by atoms with Gasteiger partial charge in [0.1, 0.15) is 0 Å². The molecule has 66 valence electrons. The molecule has 0 aromatic rings. The molecule has 0 aliphatic rings. The van der Waals surface area contributed by atoms with Gasteiger partial charge in [-0.05, 0) is 32.6 Å². The van der Waals surface area contributed by atoms with Crippen molar-refractivity contribution in [3.05, 3.63) is 11.1 Å². The Kier molecular flexibility index (Phi) is 4.48. The maximum Gasteiger partial charge on any atom is -0.0206 e. The molecular formula is C11H22. The highest BCUT2D eigenvalue weighted by Crippen LogP contribution is 2.24. The first-order valence-electron chi connectivity index (χ1n) is 4.64. The molecule has 0 saturated heterocycles. The topological polar surface area (TPSA) is 0 Å². The van der Waals surface area contributed by atoms with Crippen molar-refractivity contribution in [1.82, 2.24) is 0 Å². The summed E-state index contributed by atoms with van der Waals surface area (Å²) >= 11 is 0. The minimum absolute atomic E-state index is 0.755. The molecule has 11 heavy (non-hydrogen) atoms. The zero-order valence-corrected chi connectivity index (χ0v) is 8.86. The quantitative estimate of drug-likeness (QED) is 0.538. The lowest BCUT2D eigenvalue weighted by Gasteiger charge is -2.20. The largest absolute Gasteiger partial charge is 0.0772 e. The maximum atomic E-state index is 2.33. The van der Waals surface area contributed by atoms with Crippen LogP contribution in [0.5, 0.6) is 0 Å². The molecule has 0 spiro atoms. The summed E-state index contributed by atoms with van der Waals surface area (Å²) in [5, 5.41) is 0. The molecule has 0 saturated carbocycles. The van der Waals surface area contributed by atoms with E-state index in [9.17, 15) is 0 Å². The SMILES string of the molecule is CCC(C)C(C)C(C)=C(C)C. The average Bonchev–Trinajstić information content (AvgIpc) is 2.00. The number of hydrogen-bond donors (Lipinski definition) is 0. The van der Waals surface area contributed by atoms with Crippen molar-refractivity contribution in [2.75, 3.05) is 0 Å². The van der Waals surface area contributed by atoms with E-state index in [1.807, 2.05) is 0 Å². The monoisotopic (exact) mass is 154 g/mol. The second-order valence-electron chi connectivity index (χ2n) is 3.86. The fourth-order valence-corrected chi connectivity index (χ4v) is 1.24. The van der Waals surface area contributed by atoms with Crippen molar-refractivity contribution < 1.29 is 0 Å². The van der Waals surface area contributed by atoms with E-state index in [2.05, 4.69) is 41.5 Å². The first kappa shape index (κ1) is 10.7. The van der Waals surface area contributed by atoms with Crippen molar-refractivity contribution >= 4 is 0 Å². The molecular weight excluding hydrogens is 132 g/mol. The average molecular weight is 154 g/mol. The van der Waals surface area contributed by atoms with Gasteiger partial charge in [-0.2, -0.15) is 0 Å². The summed E-state index contributed by atoms with van der Waals surface area (Å²) in [5.41, 5.74) is 3.05. The summed E-state index contributed by atoms with van der Waals surface area (Å²) in [5.74, 6) is 1.58. The van der Waals surface area contributed by atoms with E-state index in [4.69, 9.17) is 0 Å². The Hall–Kier alpha value is -0.260. The molecule has 2 atom stereocenters. The molecule has 0 amide bonds. The van der Waals surface area contributed by atoms with Crippen LogP contribution in [-0.2, 0) is 0 Å². The predicted octanol–water partition coefficient (Wildman–Crippen LogP) is 4.02. The first-order valence-corrected chi connectivity index (χ1v) is 4.64. The van der Waals surface area contributed by atoms with Gasteiger partial charge in [0, 0.05) is 0 Å². The fourth-order valence-electron chi connectivity index (χ4n) is 1.24. The fraction of sp³-hybridized carbons (Fsp3) is 0.818. The van der Waals surface area contributed by atoms with Crippen LogP contribution >= 0.6 is 0 Å². The molecule has 0 N–H and O–H groups in total. The van der Waals surface area contributed by atoms with Crippen LogP contribution in [0, 0.1) is 11.8 Å². The molecule has 0 radical (unpaired) electrons. The molecule has 0 aromatic heterocycles. The van der Waals surface area contributed by atoms with Gasteiger partial charge >= 0.3 is 0 Å². The summed E-state index contributed by atoms with van der Waals surface area (Å²) in [4.78, 5) is 0. The van der Waals surface area contributed by atoms with Crippen LogP contribution in [0.2, 0.25) is 0 Å². The lowest BCUT2D eigenvalue weighted by Crippen LogP contribution is -2.08. The molecule has 0 rings (SSSR count). The van der Waals surface area contributed by atoms with E-state index >= 15 is 0 Å². The van der Waals surface area contributed by atoms with Crippen LogP contribution in [0.25, 0.3) is 0 Å². The Morgan fingerprint density at radius 2 is 1.55 bits per heavy atom. The summed E-state index contributed by atoms with van der Waals surface area (Å²) in [6, 6.07) is 0. The van der Waals surface area contributed by atoms with Gasteiger partial charge in [0.05, 0.1) is 0 Å². The van der Waals surface area contributed by atoms with Crippen molar-refractivity contribution in [2.45, 2.75) is 48.0 Å². The Balaban J connectivity index is 4.24. The number of rotatable bonds is 3. The van der Waals surface area contributed by atoms with Crippen LogP contribution in [0.4, 0.5) is 0 Å². The third-order valence-corrected chi connectivity index (χ3v) is 2.97. The van der Waals surface area contributed by atoms with Gasteiger partial charge in [0.15, 0.2) is 0 Å². The molecule has 0 nitrogen and oxygen atoms in total. The molecule has 0 bridgehead atoms. The summed E-state index contributed by atoms with van der Waals surface area (Å²) in [6.45, 7) is 13.6. The minimum Gasteiger partial charge on any atom is -0.0772 e. The van der Waals surface area contributed by atoms with Crippen molar-refractivity contribution in [3.8, 4) is 0 Å².